The number of rotatable bonds is 11. The van der Waals surface area contributed by atoms with Gasteiger partial charge < -0.3 is 9.80 Å². The third-order valence-corrected chi connectivity index (χ3v) is 16.2. The van der Waals surface area contributed by atoms with Gasteiger partial charge in [-0.3, -0.25) is 0 Å². The quantitative estimate of drug-likeness (QED) is 0.140. The maximum Gasteiger partial charge on any atom is 0.0633 e. The summed E-state index contributed by atoms with van der Waals surface area (Å²) < 4.78 is 0. The number of hydrogen-bond acceptors (Lipinski definition) is 2. The Morgan fingerprint density at radius 3 is 2.36 bits per heavy atom. The number of anilines is 2. The van der Waals surface area contributed by atoms with Gasteiger partial charge in [-0.2, -0.15) is 0 Å². The van der Waals surface area contributed by atoms with Crippen molar-refractivity contribution >= 4 is 28.2 Å². The van der Waals surface area contributed by atoms with Crippen molar-refractivity contribution in [3.8, 4) is 0 Å². The number of fused-ring (bicyclic) bond motifs is 3. The maximum absolute atomic E-state index is 4.24. The Kier molecular flexibility index (Phi) is 13.7. The highest BCUT2D eigenvalue weighted by Gasteiger charge is 2.41. The van der Waals surface area contributed by atoms with Crippen LogP contribution in [-0.2, 0) is 5.41 Å². The van der Waals surface area contributed by atoms with Gasteiger partial charge >= 0.3 is 0 Å². The summed E-state index contributed by atoms with van der Waals surface area (Å²) in [7, 11) is 0. The molecule has 0 saturated heterocycles. The van der Waals surface area contributed by atoms with Gasteiger partial charge in [0, 0.05) is 39.7 Å². The second-order valence-electron chi connectivity index (χ2n) is 21.1. The van der Waals surface area contributed by atoms with Crippen molar-refractivity contribution in [2.24, 2.45) is 5.92 Å². The highest BCUT2D eigenvalue weighted by atomic mass is 15.2. The standard InChI is InChI=1S/C70H70N2/c1-5-51(52-24-17-11-18-25-52)37-36-50(2)71(61-45-46-63-62-34-21-22-35-65(62)70(3,4)66(63)49-61)60-43-39-55(40-44-60)58-41-47-67-64(48-58)68(56-28-15-7-6-8-16-29-56)69(57-30-19-12-20-31-57)72(67)59-33-23-32-54(38-42-59)53-26-13-9-10-14-27-53/h5-7,11-13,17-21,24,26-28,30-34,36-46,48-49,52,67H,1,8-10,14-16,22-23,25,29,35,47H2,2-4H3/b7-6-,50-36+,51-37+,56-28+. The van der Waals surface area contributed by atoms with Crippen molar-refractivity contribution in [1.82, 2.24) is 4.90 Å². The zero-order valence-corrected chi connectivity index (χ0v) is 42.8. The van der Waals surface area contributed by atoms with E-state index in [1.54, 1.807) is 5.57 Å². The van der Waals surface area contributed by atoms with Gasteiger partial charge in [0.15, 0.2) is 0 Å². The van der Waals surface area contributed by atoms with Crippen molar-refractivity contribution in [1.29, 1.82) is 0 Å². The van der Waals surface area contributed by atoms with E-state index in [0.29, 0.717) is 5.92 Å². The maximum atomic E-state index is 4.24. The molecule has 0 amide bonds. The predicted octanol–water partition coefficient (Wildman–Crippen LogP) is 18.7. The van der Waals surface area contributed by atoms with Gasteiger partial charge in [-0.1, -0.05) is 184 Å². The number of nitrogens with zero attached hydrogens (tertiary/aromatic N) is 2. The summed E-state index contributed by atoms with van der Waals surface area (Å²) in [6, 6.07) is 28.0. The molecule has 8 aliphatic rings. The smallest absolute Gasteiger partial charge is 0.0633 e. The molecule has 0 fully saturated rings. The van der Waals surface area contributed by atoms with Crippen molar-refractivity contribution in [3.05, 3.63) is 280 Å². The Bertz CT molecular complexity index is 3160. The van der Waals surface area contributed by atoms with E-state index in [0.717, 1.165) is 82.0 Å². The zero-order valence-electron chi connectivity index (χ0n) is 42.8. The summed E-state index contributed by atoms with van der Waals surface area (Å²) in [6.45, 7) is 11.3. The predicted molar refractivity (Wildman–Crippen MR) is 308 cm³/mol. The Labute approximate surface area is 430 Å². The molecule has 11 rings (SSSR count). The molecule has 1 aliphatic heterocycles. The minimum absolute atomic E-state index is 0.0208. The largest absolute Gasteiger partial charge is 0.333 e. The van der Waals surface area contributed by atoms with Gasteiger partial charge in [0.2, 0.25) is 0 Å². The van der Waals surface area contributed by atoms with E-state index in [1.165, 1.54) is 90.3 Å². The Morgan fingerprint density at radius 1 is 0.681 bits per heavy atom. The third kappa shape index (κ3) is 9.29. The van der Waals surface area contributed by atoms with Crippen LogP contribution >= 0.6 is 0 Å². The lowest BCUT2D eigenvalue weighted by molar-refractivity contribution is 0.430. The van der Waals surface area contributed by atoms with Gasteiger partial charge in [0.25, 0.3) is 0 Å². The average Bonchev–Trinajstić information content (AvgIpc) is 3.56. The number of allylic oxidation sites excluding steroid dienone is 28. The molecule has 7 aliphatic carbocycles. The van der Waals surface area contributed by atoms with E-state index in [1.807, 2.05) is 6.08 Å². The second-order valence-corrected chi connectivity index (χ2v) is 21.1. The molecule has 360 valence electrons. The van der Waals surface area contributed by atoms with Crippen LogP contribution in [-0.4, -0.2) is 10.9 Å². The fourth-order valence-corrected chi connectivity index (χ4v) is 12.4. The zero-order chi connectivity index (χ0) is 49.0. The first-order valence-electron chi connectivity index (χ1n) is 27.0. The summed E-state index contributed by atoms with van der Waals surface area (Å²) >= 11 is 0. The van der Waals surface area contributed by atoms with E-state index < -0.39 is 0 Å². The molecule has 0 saturated carbocycles. The highest BCUT2D eigenvalue weighted by molar-refractivity contribution is 5.90. The molecular weight excluding hydrogens is 869 g/mol. The topological polar surface area (TPSA) is 6.48 Å². The van der Waals surface area contributed by atoms with Gasteiger partial charge in [-0.05, 0) is 188 Å². The lowest BCUT2D eigenvalue weighted by atomic mass is 9.78. The molecule has 2 unspecified atom stereocenters. The molecule has 2 heteroatoms. The van der Waals surface area contributed by atoms with E-state index in [9.17, 15) is 0 Å². The molecule has 3 aromatic carbocycles. The first-order chi connectivity index (χ1) is 35.4. The second kappa shape index (κ2) is 20.9. The number of benzene rings is 3. The summed E-state index contributed by atoms with van der Waals surface area (Å²) in [6.07, 6.45) is 62.1. The SMILES string of the molecule is C=C/C(=C\C=C(/C)N(c1ccc(C2=CCC3C(=C2)C(/C2=C/C/C=C\CCC2)=C(c2ccccc2)N3C2=CCC=C(C3=CCCCC=C3)C=C2)cc1)c1ccc2c(c1)C(C)(C)C1=C2C=CCC1)C1C=CC=CC1. The van der Waals surface area contributed by atoms with Gasteiger partial charge in [-0.25, -0.2) is 0 Å². The van der Waals surface area contributed by atoms with Crippen LogP contribution < -0.4 is 4.90 Å². The minimum Gasteiger partial charge on any atom is -0.333 e. The Hall–Kier alpha value is -7.16. The van der Waals surface area contributed by atoms with Gasteiger partial charge in [-0.15, -0.1) is 0 Å². The number of hydrogen-bond donors (Lipinski definition) is 0. The average molecular weight is 939 g/mol. The fourth-order valence-electron chi connectivity index (χ4n) is 12.4. The van der Waals surface area contributed by atoms with Crippen LogP contribution in [0.2, 0.25) is 0 Å². The monoisotopic (exact) mass is 939 g/mol. The summed E-state index contributed by atoms with van der Waals surface area (Å²) in [5.74, 6) is 0.330. The molecule has 0 N–H and O–H groups in total. The summed E-state index contributed by atoms with van der Waals surface area (Å²) in [4.78, 5) is 5.16. The minimum atomic E-state index is -0.0208. The Morgan fingerprint density at radius 2 is 1.51 bits per heavy atom. The summed E-state index contributed by atoms with van der Waals surface area (Å²) in [5, 5.41) is 0. The molecule has 2 atom stereocenters. The van der Waals surface area contributed by atoms with Crippen LogP contribution in [0.1, 0.15) is 120 Å². The molecule has 3 aromatic rings. The van der Waals surface area contributed by atoms with E-state index >= 15 is 0 Å². The lowest BCUT2D eigenvalue weighted by Gasteiger charge is -2.32. The molecule has 0 spiro atoms. The molecule has 1 heterocycles. The molecule has 0 radical (unpaired) electrons. The highest BCUT2D eigenvalue weighted by Crippen LogP contribution is 2.53. The molecule has 0 bridgehead atoms. The van der Waals surface area contributed by atoms with Crippen LogP contribution in [0.15, 0.2) is 257 Å². The van der Waals surface area contributed by atoms with Gasteiger partial charge in [0.1, 0.15) is 0 Å². The van der Waals surface area contributed by atoms with Crippen LogP contribution in [0.25, 0.3) is 16.8 Å². The van der Waals surface area contributed by atoms with Gasteiger partial charge in [0.05, 0.1) is 11.7 Å². The van der Waals surface area contributed by atoms with Crippen LogP contribution in [0, 0.1) is 5.92 Å². The van der Waals surface area contributed by atoms with Crippen LogP contribution in [0.3, 0.4) is 0 Å². The first-order valence-corrected chi connectivity index (χ1v) is 27.0. The fraction of sp³-hybridized carbons (Fsp3) is 0.257. The third-order valence-electron chi connectivity index (χ3n) is 16.2. The first kappa shape index (κ1) is 47.2. The van der Waals surface area contributed by atoms with Crippen molar-refractivity contribution in [3.63, 3.8) is 0 Å². The van der Waals surface area contributed by atoms with Crippen molar-refractivity contribution in [2.75, 3.05) is 4.90 Å². The molecule has 2 nitrogen and oxygen atoms in total. The normalized spacial score (nSPS) is 23.8. The van der Waals surface area contributed by atoms with Crippen molar-refractivity contribution in [2.45, 2.75) is 109 Å². The Balaban J connectivity index is 0.978. The van der Waals surface area contributed by atoms with Crippen LogP contribution in [0.4, 0.5) is 11.4 Å². The molecule has 0 aromatic heterocycles. The molecular formula is C70H70N2. The molecule has 72 heavy (non-hydrogen) atoms. The van der Waals surface area contributed by atoms with Crippen molar-refractivity contribution < 1.29 is 0 Å². The van der Waals surface area contributed by atoms with Crippen LogP contribution in [0.5, 0.6) is 0 Å². The van der Waals surface area contributed by atoms with E-state index in [-0.39, 0.29) is 11.5 Å². The van der Waals surface area contributed by atoms with E-state index in [2.05, 4.69) is 231 Å². The van der Waals surface area contributed by atoms with E-state index in [4.69, 9.17) is 0 Å². The lowest BCUT2D eigenvalue weighted by Crippen LogP contribution is -2.30. The summed E-state index contributed by atoms with van der Waals surface area (Å²) in [5.41, 5.74) is 24.0.